The highest BCUT2D eigenvalue weighted by molar-refractivity contribution is 6.28. The van der Waals surface area contributed by atoms with Crippen molar-refractivity contribution in [3.05, 3.63) is 35.9 Å². The highest BCUT2D eigenvalue weighted by Gasteiger charge is 2.38. The molecule has 1 aromatic rings. The normalized spacial score (nSPS) is 16.3. The van der Waals surface area contributed by atoms with Gasteiger partial charge in [-0.1, -0.05) is 30.3 Å². The standard InChI is InChI=1S/C21H31ClN6O3.C2HF3O2/c22-13-18(29)15(8-4-11-26-21(23)24)27-20(31)17(12-14-6-2-1-3-7-14)28-19(30)16-9-5-10-25-16;3-2(4,5)1(6)7/h1-3,6-7,15-17,25H,4-5,8-13H2,(H,27,31)(H,28,30)(H4,23,24,26);(H,6,7)/t15-,16+,17-;/m0./s1. The lowest BCUT2D eigenvalue weighted by atomic mass is 10.0. The monoisotopic (exact) mass is 564 g/mol. The topological polar surface area (TPSA) is 189 Å². The van der Waals surface area contributed by atoms with Gasteiger partial charge in [-0.05, 0) is 37.8 Å². The summed E-state index contributed by atoms with van der Waals surface area (Å²) in [7, 11) is 0. The number of hydrogen-bond acceptors (Lipinski definition) is 6. The zero-order chi connectivity index (χ0) is 28.7. The van der Waals surface area contributed by atoms with Gasteiger partial charge in [0.1, 0.15) is 6.04 Å². The molecular weight excluding hydrogens is 533 g/mol. The Kier molecular flexibility index (Phi) is 14.1. The number of guanidine groups is 1. The molecule has 11 nitrogen and oxygen atoms in total. The molecule has 1 aliphatic rings. The molecule has 0 saturated carbocycles. The van der Waals surface area contributed by atoms with Gasteiger partial charge in [0.05, 0.1) is 18.0 Å². The molecule has 1 aromatic carbocycles. The number of benzene rings is 1. The Morgan fingerprint density at radius 2 is 1.76 bits per heavy atom. The third-order valence-electron chi connectivity index (χ3n) is 5.32. The number of nitrogens with two attached hydrogens (primary N) is 2. The van der Waals surface area contributed by atoms with Crippen LogP contribution in [0.5, 0.6) is 0 Å². The van der Waals surface area contributed by atoms with Gasteiger partial charge in [-0.2, -0.15) is 13.2 Å². The van der Waals surface area contributed by atoms with Crippen molar-refractivity contribution in [1.29, 1.82) is 0 Å². The molecule has 0 spiro atoms. The first kappa shape index (κ1) is 32.6. The number of aliphatic imine (C=N–C) groups is 1. The minimum Gasteiger partial charge on any atom is -0.475 e. The number of amides is 2. The second-order valence-electron chi connectivity index (χ2n) is 8.31. The number of halogens is 4. The maximum Gasteiger partial charge on any atom is 0.490 e. The molecule has 8 N–H and O–H groups in total. The van der Waals surface area contributed by atoms with E-state index in [1.165, 1.54) is 0 Å². The Hall–Kier alpha value is -3.39. The van der Waals surface area contributed by atoms with E-state index in [2.05, 4.69) is 20.9 Å². The van der Waals surface area contributed by atoms with Crippen LogP contribution in [0.25, 0.3) is 0 Å². The second-order valence-corrected chi connectivity index (χ2v) is 8.58. The number of ketones is 1. The van der Waals surface area contributed by atoms with Gasteiger partial charge < -0.3 is 32.5 Å². The summed E-state index contributed by atoms with van der Waals surface area (Å²) in [4.78, 5) is 50.7. The van der Waals surface area contributed by atoms with Gasteiger partial charge in [0.25, 0.3) is 0 Å². The van der Waals surface area contributed by atoms with Gasteiger partial charge in [-0.15, -0.1) is 11.6 Å². The lowest BCUT2D eigenvalue weighted by Gasteiger charge is -2.24. The summed E-state index contributed by atoms with van der Waals surface area (Å²) in [5.41, 5.74) is 11.5. The summed E-state index contributed by atoms with van der Waals surface area (Å²) in [5.74, 6) is -3.97. The van der Waals surface area contributed by atoms with Crippen LogP contribution in [0, 0.1) is 0 Å². The van der Waals surface area contributed by atoms with E-state index >= 15 is 0 Å². The van der Waals surface area contributed by atoms with Crippen molar-refractivity contribution in [3.63, 3.8) is 0 Å². The van der Waals surface area contributed by atoms with Gasteiger partial charge in [0.2, 0.25) is 11.8 Å². The summed E-state index contributed by atoms with van der Waals surface area (Å²) in [6.45, 7) is 1.11. The van der Waals surface area contributed by atoms with Crippen LogP contribution in [-0.2, 0) is 25.6 Å². The minimum atomic E-state index is -5.08. The second kappa shape index (κ2) is 16.5. The third-order valence-corrected chi connectivity index (χ3v) is 5.58. The van der Waals surface area contributed by atoms with Crippen LogP contribution in [0.4, 0.5) is 13.2 Å². The smallest absolute Gasteiger partial charge is 0.475 e. The van der Waals surface area contributed by atoms with Crippen LogP contribution in [0.3, 0.4) is 0 Å². The summed E-state index contributed by atoms with van der Waals surface area (Å²) in [6.07, 6.45) is -2.31. The quantitative estimate of drug-likeness (QED) is 0.0912. The van der Waals surface area contributed by atoms with E-state index in [4.69, 9.17) is 33.0 Å². The Labute approximate surface area is 222 Å². The minimum absolute atomic E-state index is 0.0320. The predicted octanol–water partition coefficient (Wildman–Crippen LogP) is 0.446. The first-order chi connectivity index (χ1) is 17.8. The Morgan fingerprint density at radius 3 is 2.26 bits per heavy atom. The number of hydrogen-bond donors (Lipinski definition) is 6. The number of carbonyl (C=O) groups excluding carboxylic acids is 3. The number of carbonyl (C=O) groups is 4. The van der Waals surface area contributed by atoms with Crippen molar-refractivity contribution in [3.8, 4) is 0 Å². The number of nitrogens with one attached hydrogen (secondary N) is 3. The van der Waals surface area contributed by atoms with Gasteiger partial charge in [0.15, 0.2) is 11.7 Å². The molecule has 1 heterocycles. The predicted molar refractivity (Wildman–Crippen MR) is 134 cm³/mol. The lowest BCUT2D eigenvalue weighted by molar-refractivity contribution is -0.192. The molecule has 212 valence electrons. The molecule has 15 heteroatoms. The molecule has 0 radical (unpaired) electrons. The Balaban J connectivity index is 0.000000905. The van der Waals surface area contributed by atoms with Crippen LogP contribution < -0.4 is 27.4 Å². The molecule has 3 atom stereocenters. The van der Waals surface area contributed by atoms with Crippen LogP contribution in [0.1, 0.15) is 31.2 Å². The maximum atomic E-state index is 13.1. The fraction of sp³-hybridized carbons (Fsp3) is 0.522. The molecular formula is C23H32ClF3N6O5. The highest BCUT2D eigenvalue weighted by Crippen LogP contribution is 2.13. The number of nitrogens with zero attached hydrogens (tertiary/aromatic N) is 1. The average Bonchev–Trinajstić information content (AvgIpc) is 3.40. The lowest BCUT2D eigenvalue weighted by Crippen LogP contribution is -2.55. The molecule has 1 fully saturated rings. The molecule has 38 heavy (non-hydrogen) atoms. The molecule has 1 aliphatic heterocycles. The highest BCUT2D eigenvalue weighted by atomic mass is 35.5. The number of rotatable bonds is 12. The van der Waals surface area contributed by atoms with E-state index < -0.39 is 30.1 Å². The molecule has 2 rings (SSSR count). The van der Waals surface area contributed by atoms with Crippen LogP contribution >= 0.6 is 11.6 Å². The molecule has 1 saturated heterocycles. The first-order valence-electron chi connectivity index (χ1n) is 11.7. The Bertz CT molecular complexity index is 955. The summed E-state index contributed by atoms with van der Waals surface area (Å²) in [5, 5.41) is 15.8. The Morgan fingerprint density at radius 1 is 1.13 bits per heavy atom. The molecule has 2 amide bonds. The van der Waals surface area contributed by atoms with Crippen molar-refractivity contribution in [2.24, 2.45) is 16.5 Å². The fourth-order valence-corrected chi connectivity index (χ4v) is 3.61. The van der Waals surface area contributed by atoms with Crippen molar-refractivity contribution >= 4 is 41.1 Å². The number of carboxylic acids is 1. The van der Waals surface area contributed by atoms with Gasteiger partial charge >= 0.3 is 12.1 Å². The van der Waals surface area contributed by atoms with E-state index in [9.17, 15) is 27.6 Å². The van der Waals surface area contributed by atoms with Gasteiger partial charge in [-0.3, -0.25) is 19.4 Å². The summed E-state index contributed by atoms with van der Waals surface area (Å²) in [6, 6.07) is 7.48. The zero-order valence-electron chi connectivity index (χ0n) is 20.5. The van der Waals surface area contributed by atoms with Crippen LogP contribution in [0.2, 0.25) is 0 Å². The van der Waals surface area contributed by atoms with Crippen molar-refractivity contribution < 1.29 is 37.5 Å². The van der Waals surface area contributed by atoms with Gasteiger partial charge in [-0.25, -0.2) is 4.79 Å². The first-order valence-corrected chi connectivity index (χ1v) is 12.2. The van der Waals surface area contributed by atoms with Crippen molar-refractivity contribution in [2.75, 3.05) is 19.0 Å². The summed E-state index contributed by atoms with van der Waals surface area (Å²) >= 11 is 5.73. The molecule has 0 aliphatic carbocycles. The summed E-state index contributed by atoms with van der Waals surface area (Å²) < 4.78 is 31.7. The van der Waals surface area contributed by atoms with Crippen LogP contribution in [-0.4, -0.2) is 77.9 Å². The van der Waals surface area contributed by atoms with Crippen LogP contribution in [0.15, 0.2) is 35.3 Å². The molecule has 0 bridgehead atoms. The fourth-order valence-electron chi connectivity index (χ4n) is 3.42. The van der Waals surface area contributed by atoms with Gasteiger partial charge in [0, 0.05) is 13.0 Å². The van der Waals surface area contributed by atoms with Crippen molar-refractivity contribution in [2.45, 2.75) is 56.4 Å². The van der Waals surface area contributed by atoms with Crippen molar-refractivity contribution in [1.82, 2.24) is 16.0 Å². The van der Waals surface area contributed by atoms with E-state index in [1.807, 2.05) is 30.3 Å². The largest absolute Gasteiger partial charge is 0.490 e. The SMILES string of the molecule is NC(N)=NCCC[C@H](NC(=O)[C@H](Cc1ccccc1)NC(=O)[C@H]1CCCN1)C(=O)CCl.O=C(O)C(F)(F)F. The maximum absolute atomic E-state index is 13.1. The van der Waals surface area contributed by atoms with E-state index in [0.717, 1.165) is 24.9 Å². The van der Waals surface area contributed by atoms with E-state index in [0.29, 0.717) is 25.8 Å². The number of carboxylic acid groups (broad SMARTS) is 1. The molecule has 0 aromatic heterocycles. The van der Waals surface area contributed by atoms with E-state index in [1.54, 1.807) is 0 Å². The van der Waals surface area contributed by atoms with E-state index in [-0.39, 0.29) is 29.6 Å². The zero-order valence-corrected chi connectivity index (χ0v) is 21.2. The number of alkyl halides is 4. The average molecular weight is 565 g/mol. The number of aliphatic carboxylic acids is 1. The third kappa shape index (κ3) is 12.7. The number of Topliss-reactive ketones (excluding diaryl/α,β-unsaturated/α-hetero) is 1. The molecule has 0 unspecified atom stereocenters.